The first-order valence-corrected chi connectivity index (χ1v) is 31.5. The first-order chi connectivity index (χ1) is 39.3. The SMILES string of the molecule is CNc1ncnc2c1ncn2C1(OC)COC(COP(=O)(O)OP(=O)(O)OP(=O)(O)c2ccc(-c3nc4nc(SC)[nH]c(=O)c4n3CCOc3ccc(Cl)cc3)cc2)C1OP(=O)(O)OCC1OCC(O)(n2cnc3c(=O)[nH]c(N)nc32)C1O. The number of anilines is 2. The third-order valence-corrected chi connectivity index (χ3v) is 19.5. The number of rotatable bonds is 23. The van der Waals surface area contributed by atoms with Crippen molar-refractivity contribution in [2.45, 2.75) is 47.6 Å². The molecule has 2 aliphatic rings. The maximum absolute atomic E-state index is 14.0. The number of nitrogens with two attached hydrogens (primary N) is 1. The van der Waals surface area contributed by atoms with E-state index in [1.165, 1.54) is 34.6 Å². The second-order valence-corrected chi connectivity index (χ2v) is 25.6. The first kappa shape index (κ1) is 60.2. The zero-order valence-corrected chi connectivity index (χ0v) is 48.0. The number of fused-ring (bicyclic) bond motifs is 3. The summed E-state index contributed by atoms with van der Waals surface area (Å²) in [6.45, 7) is -3.43. The van der Waals surface area contributed by atoms with Gasteiger partial charge in [0.05, 0.1) is 50.9 Å². The molecule has 6 aromatic heterocycles. The molecule has 0 aliphatic carbocycles. The molecular weight excluding hydrogens is 1230 g/mol. The highest BCUT2D eigenvalue weighted by molar-refractivity contribution is 7.98. The van der Waals surface area contributed by atoms with Crippen LogP contribution in [-0.4, -0.2) is 166 Å². The summed E-state index contributed by atoms with van der Waals surface area (Å²) >= 11 is 7.16. The molecule has 41 heteroatoms. The van der Waals surface area contributed by atoms with Crippen LogP contribution >= 0.6 is 54.4 Å². The largest absolute Gasteiger partial charge is 0.492 e. The van der Waals surface area contributed by atoms with Crippen molar-refractivity contribution in [2.24, 2.45) is 0 Å². The molecule has 444 valence electrons. The average molecular weight is 1280 g/mol. The smallest absolute Gasteiger partial charge is 0.488 e. The van der Waals surface area contributed by atoms with Gasteiger partial charge in [0.2, 0.25) is 5.95 Å². The molecule has 0 saturated carbocycles. The molecule has 0 radical (unpaired) electrons. The van der Waals surface area contributed by atoms with Crippen molar-refractivity contribution in [3.05, 3.63) is 93.2 Å². The second kappa shape index (κ2) is 23.2. The Bertz CT molecular complexity index is 4080. The predicted molar refractivity (Wildman–Crippen MR) is 288 cm³/mol. The average Bonchev–Trinajstić information content (AvgIpc) is 2.58. The second-order valence-electron chi connectivity index (χ2n) is 18.0. The van der Waals surface area contributed by atoms with Gasteiger partial charge in [-0.3, -0.25) is 46.8 Å². The molecule has 10 rings (SSSR count). The van der Waals surface area contributed by atoms with Crippen molar-refractivity contribution in [3.8, 4) is 17.1 Å². The van der Waals surface area contributed by atoms with Crippen molar-refractivity contribution >= 4 is 105 Å². The molecule has 8 heterocycles. The van der Waals surface area contributed by atoms with Gasteiger partial charge < -0.3 is 64.4 Å². The lowest BCUT2D eigenvalue weighted by molar-refractivity contribution is -0.135. The van der Waals surface area contributed by atoms with Gasteiger partial charge in [-0.1, -0.05) is 35.5 Å². The van der Waals surface area contributed by atoms with Gasteiger partial charge in [0.25, 0.3) is 11.1 Å². The molecule has 0 spiro atoms. The molecule has 10 unspecified atom stereocenters. The standard InChI is InChI=1S/C42H47ClN14O21P4S/c1-45-32-27-35(47-18-46-32)57(20-48-27)42(70-2)17-73-26(31(42)76-80(64,65)74-14-25-30(58)41(61,16-72-25)56-19-49-28-36(56)52-39(44)53-37(28)59)15-75-81(66,67)78-82(68,69)77-79(62,63)24-10-4-21(5-11-24)34-50-33-29(38(60)54-40(51-33)83-3)55(34)12-13-71-23-8-6-22(43)7-9-23/h4-11,18-20,25-26,30-31,58,61H,12-17H2,1-3H3,(H,62,63)(H,64,65)(H,66,67)(H,68,69)(H,45,46,47)(H,51,54,60)(H3,44,52,53,59). The van der Waals surface area contributed by atoms with Crippen molar-refractivity contribution in [3.63, 3.8) is 0 Å². The number of methoxy groups -OCH3 is 1. The van der Waals surface area contributed by atoms with Crippen molar-refractivity contribution < 1.29 is 89.2 Å². The monoisotopic (exact) mass is 1270 g/mol. The minimum atomic E-state index is -6.09. The maximum Gasteiger partial charge on any atom is 0.488 e. The molecule has 0 bridgehead atoms. The first-order valence-electron chi connectivity index (χ1n) is 23.8. The fourth-order valence-electron chi connectivity index (χ4n) is 9.02. The number of nitrogens with zero attached hydrogens (tertiary/aromatic N) is 10. The number of hydrogen-bond donors (Lipinski definition) is 10. The topological polar surface area (TPSA) is 482 Å². The number of phosphoric ester groups is 2. The zero-order valence-electron chi connectivity index (χ0n) is 42.8. The molecule has 35 nitrogen and oxygen atoms in total. The lowest BCUT2D eigenvalue weighted by atomic mass is 10.1. The Kier molecular flexibility index (Phi) is 16.8. The minimum absolute atomic E-state index is 0.0260. The molecule has 2 fully saturated rings. The normalized spacial score (nSPS) is 24.0. The van der Waals surface area contributed by atoms with Gasteiger partial charge in [-0.2, -0.15) is 9.29 Å². The molecule has 2 saturated heterocycles. The minimum Gasteiger partial charge on any atom is -0.492 e. The van der Waals surface area contributed by atoms with E-state index < -0.39 is 110 Å². The third-order valence-electron chi connectivity index (χ3n) is 12.9. The summed E-state index contributed by atoms with van der Waals surface area (Å²) in [5, 5.41) is 25.8. The van der Waals surface area contributed by atoms with Crippen LogP contribution in [0.2, 0.25) is 5.02 Å². The fourth-order valence-corrected chi connectivity index (χ4v) is 14.5. The van der Waals surface area contributed by atoms with Crippen LogP contribution in [0.3, 0.4) is 0 Å². The van der Waals surface area contributed by atoms with Gasteiger partial charge in [0.15, 0.2) is 55.9 Å². The van der Waals surface area contributed by atoms with Crippen molar-refractivity contribution in [1.82, 2.24) is 58.6 Å². The zero-order chi connectivity index (χ0) is 59.4. The fraction of sp³-hybridized carbons (Fsp3) is 0.357. The van der Waals surface area contributed by atoms with E-state index in [1.54, 1.807) is 30.5 Å². The molecular formula is C42H47ClN14O21P4S. The number of aliphatic hydroxyl groups is 2. The molecule has 11 N–H and O–H groups in total. The number of H-pyrrole nitrogens is 2. The number of hydrogen-bond acceptors (Lipinski definition) is 27. The van der Waals surface area contributed by atoms with Crippen LogP contribution in [0.4, 0.5) is 11.8 Å². The summed E-state index contributed by atoms with van der Waals surface area (Å²) in [5.41, 5.74) is 0.00563. The number of imidazole rings is 3. The van der Waals surface area contributed by atoms with E-state index in [0.29, 0.717) is 10.8 Å². The van der Waals surface area contributed by atoms with Crippen LogP contribution in [0.1, 0.15) is 0 Å². The molecule has 0 amide bonds. The highest BCUT2D eigenvalue weighted by atomic mass is 35.5. The summed E-state index contributed by atoms with van der Waals surface area (Å²) in [7, 11) is -20.3. The number of thioether (sulfide) groups is 1. The van der Waals surface area contributed by atoms with Gasteiger partial charge in [-0.05, 0) is 42.7 Å². The molecule has 2 aromatic carbocycles. The number of aliphatic hydroxyl groups excluding tert-OH is 1. The Labute approximate surface area is 473 Å². The number of aromatic amines is 2. The van der Waals surface area contributed by atoms with Crippen molar-refractivity contribution in [1.29, 1.82) is 0 Å². The number of nitrogen functional groups attached to an aromatic ring is 1. The highest BCUT2D eigenvalue weighted by Gasteiger charge is 2.58. The van der Waals surface area contributed by atoms with E-state index in [-0.39, 0.29) is 75.0 Å². The Morgan fingerprint density at radius 1 is 0.831 bits per heavy atom. The van der Waals surface area contributed by atoms with Gasteiger partial charge in [-0.25, -0.2) is 47.9 Å². The van der Waals surface area contributed by atoms with Crippen LogP contribution in [0.25, 0.3) is 44.9 Å². The molecule has 2 aliphatic heterocycles. The van der Waals surface area contributed by atoms with E-state index in [4.69, 9.17) is 49.9 Å². The van der Waals surface area contributed by atoms with E-state index >= 15 is 0 Å². The number of ether oxygens (including phenoxy) is 4. The van der Waals surface area contributed by atoms with Gasteiger partial charge >= 0.3 is 31.1 Å². The van der Waals surface area contributed by atoms with Crippen molar-refractivity contribution in [2.75, 3.05) is 64.5 Å². The van der Waals surface area contributed by atoms with E-state index in [2.05, 4.69) is 58.8 Å². The Balaban J connectivity index is 0.842. The quantitative estimate of drug-likeness (QED) is 0.0246. The van der Waals surface area contributed by atoms with Crippen LogP contribution in [-0.2, 0) is 72.7 Å². The van der Waals surface area contributed by atoms with Crippen LogP contribution in [0, 0.1) is 0 Å². The van der Waals surface area contributed by atoms with E-state index in [0.717, 1.165) is 48.2 Å². The lowest BCUT2D eigenvalue weighted by Gasteiger charge is -2.35. The van der Waals surface area contributed by atoms with Gasteiger partial charge in [-0.15, -0.1) is 0 Å². The molecule has 83 heavy (non-hydrogen) atoms. The number of nitrogens with one attached hydrogen (secondary N) is 3. The van der Waals surface area contributed by atoms with Crippen LogP contribution < -0.4 is 32.2 Å². The van der Waals surface area contributed by atoms with Gasteiger partial charge in [0, 0.05) is 24.7 Å². The van der Waals surface area contributed by atoms with E-state index in [1.807, 2.05) is 0 Å². The summed E-state index contributed by atoms with van der Waals surface area (Å²) in [5.74, 6) is 0.527. The van der Waals surface area contributed by atoms with Crippen LogP contribution in [0.5, 0.6) is 5.75 Å². The van der Waals surface area contributed by atoms with Gasteiger partial charge in [0.1, 0.15) is 48.9 Å². The summed E-state index contributed by atoms with van der Waals surface area (Å²) in [4.78, 5) is 104. The van der Waals surface area contributed by atoms with E-state index in [9.17, 15) is 57.6 Å². The van der Waals surface area contributed by atoms with Crippen LogP contribution in [0.15, 0.2) is 82.3 Å². The number of benzene rings is 2. The number of phosphoric acid groups is 3. The summed E-state index contributed by atoms with van der Waals surface area (Å²) < 4.78 is 106. The Hall–Kier alpha value is -5.91. The number of halogens is 1. The Morgan fingerprint density at radius 3 is 2.23 bits per heavy atom. The lowest BCUT2D eigenvalue weighted by Crippen LogP contribution is -2.50. The Morgan fingerprint density at radius 2 is 1.52 bits per heavy atom. The number of aromatic nitrogens is 12. The summed E-state index contributed by atoms with van der Waals surface area (Å²) in [6, 6.07) is 11.1. The summed E-state index contributed by atoms with van der Waals surface area (Å²) in [6.07, 6.45) is -2.31. The molecule has 8 aromatic rings. The maximum atomic E-state index is 14.0. The predicted octanol–water partition coefficient (Wildman–Crippen LogP) is 1.50. The highest BCUT2D eigenvalue weighted by Crippen LogP contribution is 2.67. The third kappa shape index (κ3) is 12.1. The molecule has 10 atom stereocenters.